The van der Waals surface area contributed by atoms with Gasteiger partial charge in [0.25, 0.3) is 0 Å². The molecule has 3 saturated carbocycles. The number of aromatic nitrogens is 4. The molecule has 2 bridgehead atoms. The molecule has 3 aromatic rings. The summed E-state index contributed by atoms with van der Waals surface area (Å²) in [6.45, 7) is 4.89. The first-order valence-corrected chi connectivity index (χ1v) is 12.3. The third-order valence-corrected chi connectivity index (χ3v) is 7.77. The minimum Gasteiger partial charge on any atom is -0.437 e. The fourth-order valence-electron chi connectivity index (χ4n) is 6.18. The number of nitrogens with one attached hydrogen (secondary N) is 1. The van der Waals surface area contributed by atoms with Crippen molar-refractivity contribution >= 4 is 23.1 Å². The third kappa shape index (κ3) is 3.61. The minimum absolute atomic E-state index is 0.101. The van der Waals surface area contributed by atoms with E-state index >= 15 is 0 Å². The Labute approximate surface area is 204 Å². The summed E-state index contributed by atoms with van der Waals surface area (Å²) in [5, 5.41) is 27.6. The summed E-state index contributed by atoms with van der Waals surface area (Å²) in [5.74, 6) is 2.39. The van der Waals surface area contributed by atoms with E-state index in [0.717, 1.165) is 78.6 Å². The van der Waals surface area contributed by atoms with Crippen LogP contribution in [0.3, 0.4) is 0 Å². The van der Waals surface area contributed by atoms with E-state index in [1.807, 2.05) is 36.7 Å². The number of fused-ring (bicyclic) bond motifs is 4. The highest BCUT2D eigenvalue weighted by Crippen LogP contribution is 2.56. The van der Waals surface area contributed by atoms with E-state index in [9.17, 15) is 5.26 Å². The zero-order valence-electron chi connectivity index (χ0n) is 20.0. The smallest absolute Gasteiger partial charge is 0.235 e. The number of rotatable bonds is 5. The van der Waals surface area contributed by atoms with Crippen molar-refractivity contribution in [3.63, 3.8) is 0 Å². The van der Waals surface area contributed by atoms with E-state index in [4.69, 9.17) is 25.1 Å². The molecule has 0 saturated heterocycles. The molecule has 35 heavy (non-hydrogen) atoms. The topological polar surface area (TPSA) is 112 Å². The minimum atomic E-state index is -0.101. The lowest BCUT2D eigenvalue weighted by atomic mass is 9.76. The van der Waals surface area contributed by atoms with Crippen molar-refractivity contribution in [2.45, 2.75) is 64.5 Å². The molecule has 0 spiro atoms. The number of aryl methyl sites for hydroxylation is 4. The molecule has 1 atom stereocenters. The summed E-state index contributed by atoms with van der Waals surface area (Å²) in [6.07, 6.45) is 9.21. The number of nitrogens with zero attached hydrogens (tertiary/aromatic N) is 6. The van der Waals surface area contributed by atoms with Crippen LogP contribution in [0.5, 0.6) is 11.6 Å². The van der Waals surface area contributed by atoms with Gasteiger partial charge in [0, 0.05) is 18.2 Å². The molecule has 0 amide bonds. The van der Waals surface area contributed by atoms with Gasteiger partial charge in [-0.25, -0.2) is 0 Å². The molecular formula is C27H27N7O. The van der Waals surface area contributed by atoms with Gasteiger partial charge in [0.15, 0.2) is 5.65 Å². The van der Waals surface area contributed by atoms with Crippen LogP contribution in [0.2, 0.25) is 0 Å². The number of ether oxygens (including phenoxy) is 1. The predicted octanol–water partition coefficient (Wildman–Crippen LogP) is 5.21. The fraction of sp³-hybridized carbons (Fsp3) is 0.444. The van der Waals surface area contributed by atoms with Crippen LogP contribution < -0.4 is 10.1 Å². The van der Waals surface area contributed by atoms with Gasteiger partial charge in [-0.1, -0.05) is 0 Å². The van der Waals surface area contributed by atoms with E-state index in [2.05, 4.69) is 11.4 Å². The lowest BCUT2D eigenvalue weighted by molar-refractivity contribution is 0.262. The Kier molecular flexibility index (Phi) is 5.00. The molecule has 2 aromatic heterocycles. The van der Waals surface area contributed by atoms with Crippen LogP contribution in [-0.2, 0) is 13.0 Å². The summed E-state index contributed by atoms with van der Waals surface area (Å²) < 4.78 is 8.59. The van der Waals surface area contributed by atoms with Crippen molar-refractivity contribution in [2.75, 3.05) is 5.32 Å². The number of anilines is 1. The second-order valence-corrected chi connectivity index (χ2v) is 10.2. The largest absolute Gasteiger partial charge is 0.437 e. The number of benzene rings is 1. The Balaban J connectivity index is 1.41. The van der Waals surface area contributed by atoms with Crippen molar-refractivity contribution in [2.24, 2.45) is 11.8 Å². The molecule has 8 heteroatoms. The monoisotopic (exact) mass is 465 g/mol. The van der Waals surface area contributed by atoms with Gasteiger partial charge in [0.1, 0.15) is 11.1 Å². The Morgan fingerprint density at radius 3 is 2.66 bits per heavy atom. The number of allylic oxidation sites excluding steroid dienone is 1. The summed E-state index contributed by atoms with van der Waals surface area (Å²) >= 11 is 0. The lowest BCUT2D eigenvalue weighted by Crippen LogP contribution is -2.43. The summed E-state index contributed by atoms with van der Waals surface area (Å²) in [6, 6.07) is 8.52. The number of nitriles is 2. The molecule has 176 valence electrons. The van der Waals surface area contributed by atoms with E-state index in [1.54, 1.807) is 6.08 Å². The number of hydrogen-bond donors (Lipinski definition) is 1. The lowest BCUT2D eigenvalue weighted by Gasteiger charge is -2.39. The Hall–Kier alpha value is -3.91. The van der Waals surface area contributed by atoms with Gasteiger partial charge >= 0.3 is 0 Å². The molecular weight excluding hydrogens is 438 g/mol. The van der Waals surface area contributed by atoms with E-state index in [1.165, 1.54) is 6.08 Å². The van der Waals surface area contributed by atoms with E-state index in [0.29, 0.717) is 23.4 Å². The zero-order valence-corrected chi connectivity index (χ0v) is 20.0. The third-order valence-electron chi connectivity index (χ3n) is 7.77. The van der Waals surface area contributed by atoms with Gasteiger partial charge in [0.05, 0.1) is 23.8 Å². The summed E-state index contributed by atoms with van der Waals surface area (Å²) in [7, 11) is 0. The summed E-state index contributed by atoms with van der Waals surface area (Å²) in [4.78, 5) is 9.68. The normalized spacial score (nSPS) is 24.6. The standard InChI is InChI=1S/C27H27N7O/c1-16-10-18(6-5-8-28)11-17(2)23(16)35-25-22-21-7-3-4-9-34(21)33-24(22)30-26(31-25)32-27-12-19(13-27)20(14-27)15-29/h5-6,10-11,19-20H,3-4,7,9,12-14H2,1-2H3,(H,30,32,33)/b6-5+. The molecule has 1 aromatic carbocycles. The van der Waals surface area contributed by atoms with Gasteiger partial charge in [-0.15, -0.1) is 0 Å². The maximum absolute atomic E-state index is 9.44. The molecule has 7 rings (SSSR count). The average molecular weight is 466 g/mol. The average Bonchev–Trinajstić information content (AvgIpc) is 3.48. The molecule has 3 aliphatic carbocycles. The Morgan fingerprint density at radius 1 is 1.14 bits per heavy atom. The quantitative estimate of drug-likeness (QED) is 0.515. The Morgan fingerprint density at radius 2 is 1.94 bits per heavy atom. The molecule has 3 fully saturated rings. The molecule has 1 aliphatic heterocycles. The van der Waals surface area contributed by atoms with Crippen LogP contribution in [-0.4, -0.2) is 25.3 Å². The van der Waals surface area contributed by atoms with Gasteiger partial charge in [-0.05, 0) is 93.2 Å². The maximum atomic E-state index is 9.44. The van der Waals surface area contributed by atoms with Gasteiger partial charge < -0.3 is 10.1 Å². The first-order chi connectivity index (χ1) is 17.0. The van der Waals surface area contributed by atoms with Crippen molar-refractivity contribution in [3.05, 3.63) is 40.6 Å². The maximum Gasteiger partial charge on any atom is 0.235 e. The van der Waals surface area contributed by atoms with Crippen LogP contribution in [0, 0.1) is 48.3 Å². The van der Waals surface area contributed by atoms with Crippen LogP contribution in [0.15, 0.2) is 18.2 Å². The molecule has 4 aliphatic rings. The van der Waals surface area contributed by atoms with Gasteiger partial charge in [0.2, 0.25) is 11.8 Å². The number of hydrogen-bond acceptors (Lipinski definition) is 7. The highest BCUT2D eigenvalue weighted by atomic mass is 16.5. The van der Waals surface area contributed by atoms with Crippen molar-refractivity contribution in [3.8, 4) is 23.8 Å². The SMILES string of the molecule is Cc1cc(/C=C/C#N)cc(C)c1Oc1nc(NC23CC(C#N)C(C2)C3)nc2nn3c(c12)CCCC3. The fourth-order valence-corrected chi connectivity index (χ4v) is 6.18. The van der Waals surface area contributed by atoms with Crippen LogP contribution in [0.1, 0.15) is 54.5 Å². The molecule has 0 radical (unpaired) electrons. The predicted molar refractivity (Wildman–Crippen MR) is 132 cm³/mol. The highest BCUT2D eigenvalue weighted by Gasteiger charge is 2.56. The van der Waals surface area contributed by atoms with Crippen LogP contribution in [0.4, 0.5) is 5.95 Å². The van der Waals surface area contributed by atoms with E-state index < -0.39 is 0 Å². The Bertz CT molecular complexity index is 1430. The van der Waals surface area contributed by atoms with Crippen molar-refractivity contribution in [1.29, 1.82) is 10.5 Å². The van der Waals surface area contributed by atoms with Gasteiger partial charge in [-0.2, -0.15) is 25.6 Å². The molecule has 1 unspecified atom stereocenters. The highest BCUT2D eigenvalue weighted by molar-refractivity contribution is 5.85. The first-order valence-electron chi connectivity index (χ1n) is 12.3. The van der Waals surface area contributed by atoms with Crippen LogP contribution >= 0.6 is 0 Å². The first kappa shape index (κ1) is 21.6. The van der Waals surface area contributed by atoms with Crippen molar-refractivity contribution < 1.29 is 4.74 Å². The zero-order chi connectivity index (χ0) is 24.2. The summed E-state index contributed by atoms with van der Waals surface area (Å²) in [5.41, 5.74) is 4.58. The van der Waals surface area contributed by atoms with Crippen LogP contribution in [0.25, 0.3) is 17.1 Å². The molecule has 3 heterocycles. The molecule has 8 nitrogen and oxygen atoms in total. The van der Waals surface area contributed by atoms with E-state index in [-0.39, 0.29) is 11.5 Å². The second-order valence-electron chi connectivity index (χ2n) is 10.2. The second kappa shape index (κ2) is 8.09. The van der Waals surface area contributed by atoms with Gasteiger partial charge in [-0.3, -0.25) is 4.68 Å². The molecule has 1 N–H and O–H groups in total. The van der Waals surface area contributed by atoms with Crippen molar-refractivity contribution in [1.82, 2.24) is 19.7 Å².